The van der Waals surface area contributed by atoms with Gasteiger partial charge in [-0.15, -0.1) is 6.58 Å². The van der Waals surface area contributed by atoms with Gasteiger partial charge in [-0.2, -0.15) is 0 Å². The fourth-order valence-corrected chi connectivity index (χ4v) is 4.81. The maximum atomic E-state index is 13.2. The molecule has 1 heterocycles. The predicted molar refractivity (Wildman–Crippen MR) is 163 cm³/mol. The van der Waals surface area contributed by atoms with E-state index < -0.39 is 24.0 Å². The minimum atomic E-state index is -0.845. The molecule has 1 aromatic carbocycles. The molecule has 0 spiro atoms. The second-order valence-electron chi connectivity index (χ2n) is 12.1. The van der Waals surface area contributed by atoms with E-state index in [-0.39, 0.29) is 35.1 Å². The highest BCUT2D eigenvalue weighted by Gasteiger charge is 2.33. The molecule has 1 fully saturated rings. The van der Waals surface area contributed by atoms with Gasteiger partial charge < -0.3 is 16.0 Å². The average molecular weight is 568 g/mol. The van der Waals surface area contributed by atoms with Crippen LogP contribution in [0.4, 0.5) is 0 Å². The zero-order valence-electron chi connectivity index (χ0n) is 25.6. The summed E-state index contributed by atoms with van der Waals surface area (Å²) in [7, 11) is 0. The van der Waals surface area contributed by atoms with E-state index in [0.717, 1.165) is 17.5 Å². The fraction of sp³-hybridized carbons (Fsp3) is 0.562. The van der Waals surface area contributed by atoms with Crippen LogP contribution >= 0.6 is 0 Å². The van der Waals surface area contributed by atoms with Crippen LogP contribution in [0, 0.1) is 11.3 Å². The molecule has 226 valence electrons. The molecule has 1 aliphatic rings. The van der Waals surface area contributed by atoms with Gasteiger partial charge in [-0.3, -0.25) is 24.2 Å². The molecule has 1 aliphatic heterocycles. The maximum absolute atomic E-state index is 13.2. The fourth-order valence-electron chi connectivity index (χ4n) is 4.81. The van der Waals surface area contributed by atoms with E-state index in [9.17, 15) is 19.2 Å². The molecule has 1 saturated heterocycles. The summed E-state index contributed by atoms with van der Waals surface area (Å²) in [5.74, 6) is -1.33. The molecule has 0 aromatic heterocycles. The Balaban J connectivity index is 1.93. The monoisotopic (exact) mass is 567 g/mol. The van der Waals surface area contributed by atoms with Crippen LogP contribution in [0.5, 0.6) is 0 Å². The zero-order chi connectivity index (χ0) is 30.7. The third-order valence-corrected chi connectivity index (χ3v) is 7.49. The standard InChI is InChI=1S/C32H49N5O4/c1-9-17-32(7,8)18-16-27(38)35-28(21(3)4)30(40)34-23(6)31(41)37-19-12-15-26(36-37)29(39)33-22(5)25-14-11-13-24(10-2)20-25/h9-11,13-14,20-23,26,28,36H,1-2,12,15-19H2,3-8H3,(H,33,39)(H,34,40)(H,35,38)/t22-,23?,26+,28?/m1/s1. The highest BCUT2D eigenvalue weighted by Crippen LogP contribution is 2.27. The van der Waals surface area contributed by atoms with Gasteiger partial charge in [0, 0.05) is 13.0 Å². The highest BCUT2D eigenvalue weighted by atomic mass is 16.2. The summed E-state index contributed by atoms with van der Waals surface area (Å²) >= 11 is 0. The SMILES string of the molecule is C=CCC(C)(C)CCC(=O)NC(C(=O)NC(C)C(=O)N1CCC[C@@H](C(=O)N[C@H](C)c2cccc(C=C)c2)N1)C(C)C. The maximum Gasteiger partial charge on any atom is 0.258 e. The lowest BCUT2D eigenvalue weighted by molar-refractivity contribution is -0.143. The summed E-state index contributed by atoms with van der Waals surface area (Å²) in [5, 5.41) is 10.0. The van der Waals surface area contributed by atoms with Gasteiger partial charge in [0.05, 0.1) is 6.04 Å². The Hall–Kier alpha value is -3.46. The van der Waals surface area contributed by atoms with E-state index in [4.69, 9.17) is 0 Å². The van der Waals surface area contributed by atoms with Crippen molar-refractivity contribution in [2.75, 3.05) is 6.54 Å². The average Bonchev–Trinajstić information content (AvgIpc) is 2.94. The first-order valence-electron chi connectivity index (χ1n) is 14.6. The Morgan fingerprint density at radius 1 is 1.10 bits per heavy atom. The molecule has 0 aliphatic carbocycles. The van der Waals surface area contributed by atoms with Crippen LogP contribution in [-0.4, -0.2) is 53.3 Å². The van der Waals surface area contributed by atoms with Gasteiger partial charge in [0.2, 0.25) is 17.7 Å². The number of benzene rings is 1. The van der Waals surface area contributed by atoms with Crippen LogP contribution in [0.3, 0.4) is 0 Å². The number of allylic oxidation sites excluding steroid dienone is 1. The number of carbonyl (C=O) groups excluding carboxylic acids is 4. The molecule has 2 rings (SSSR count). The molecule has 0 bridgehead atoms. The van der Waals surface area contributed by atoms with E-state index in [1.54, 1.807) is 13.0 Å². The minimum Gasteiger partial charge on any atom is -0.348 e. The normalized spacial score (nSPS) is 17.6. The third-order valence-electron chi connectivity index (χ3n) is 7.49. The van der Waals surface area contributed by atoms with Crippen molar-refractivity contribution in [2.24, 2.45) is 11.3 Å². The number of hydrogen-bond donors (Lipinski definition) is 4. The smallest absolute Gasteiger partial charge is 0.258 e. The summed E-state index contributed by atoms with van der Waals surface area (Å²) in [5.41, 5.74) is 4.92. The van der Waals surface area contributed by atoms with E-state index in [2.05, 4.69) is 48.4 Å². The number of hydrazine groups is 1. The predicted octanol–water partition coefficient (Wildman–Crippen LogP) is 4.03. The van der Waals surface area contributed by atoms with Crippen LogP contribution < -0.4 is 21.4 Å². The van der Waals surface area contributed by atoms with Crippen molar-refractivity contribution in [3.8, 4) is 0 Å². The van der Waals surface area contributed by atoms with Crippen molar-refractivity contribution >= 4 is 29.7 Å². The van der Waals surface area contributed by atoms with E-state index in [1.165, 1.54) is 5.01 Å². The number of amides is 4. The van der Waals surface area contributed by atoms with Crippen molar-refractivity contribution < 1.29 is 19.2 Å². The second-order valence-corrected chi connectivity index (χ2v) is 12.1. The Bertz CT molecular complexity index is 1100. The van der Waals surface area contributed by atoms with E-state index in [1.807, 2.05) is 51.1 Å². The Labute approximate surface area is 245 Å². The molecule has 41 heavy (non-hydrogen) atoms. The van der Waals surface area contributed by atoms with Gasteiger partial charge in [-0.1, -0.05) is 64.6 Å². The van der Waals surface area contributed by atoms with Gasteiger partial charge in [-0.25, -0.2) is 5.43 Å². The number of carbonyl (C=O) groups is 4. The van der Waals surface area contributed by atoms with Crippen molar-refractivity contribution in [1.29, 1.82) is 0 Å². The zero-order valence-corrected chi connectivity index (χ0v) is 25.6. The van der Waals surface area contributed by atoms with Crippen molar-refractivity contribution in [2.45, 2.75) is 97.8 Å². The Kier molecular flexibility index (Phi) is 12.8. The highest BCUT2D eigenvalue weighted by molar-refractivity contribution is 5.92. The van der Waals surface area contributed by atoms with Gasteiger partial charge in [0.15, 0.2) is 0 Å². The summed E-state index contributed by atoms with van der Waals surface area (Å²) in [4.78, 5) is 52.0. The van der Waals surface area contributed by atoms with Crippen LogP contribution in [-0.2, 0) is 19.2 Å². The first-order valence-corrected chi connectivity index (χ1v) is 14.6. The van der Waals surface area contributed by atoms with Gasteiger partial charge in [0.1, 0.15) is 18.1 Å². The number of nitrogens with zero attached hydrogens (tertiary/aromatic N) is 1. The van der Waals surface area contributed by atoms with Crippen molar-refractivity contribution in [3.63, 3.8) is 0 Å². The summed E-state index contributed by atoms with van der Waals surface area (Å²) in [6, 6.07) is 5.38. The largest absolute Gasteiger partial charge is 0.348 e. The van der Waals surface area contributed by atoms with Gasteiger partial charge >= 0.3 is 0 Å². The summed E-state index contributed by atoms with van der Waals surface area (Å²) < 4.78 is 0. The summed E-state index contributed by atoms with van der Waals surface area (Å²) in [6.45, 7) is 19.4. The lowest BCUT2D eigenvalue weighted by atomic mass is 9.84. The molecule has 9 heteroatoms. The lowest BCUT2D eigenvalue weighted by Crippen LogP contribution is -2.62. The molecule has 0 saturated carbocycles. The van der Waals surface area contributed by atoms with Gasteiger partial charge in [0.25, 0.3) is 5.91 Å². The molecule has 4 amide bonds. The molecule has 1 aromatic rings. The Morgan fingerprint density at radius 3 is 2.44 bits per heavy atom. The third kappa shape index (κ3) is 10.5. The molecular weight excluding hydrogens is 518 g/mol. The van der Waals surface area contributed by atoms with Crippen molar-refractivity contribution in [3.05, 3.63) is 54.6 Å². The van der Waals surface area contributed by atoms with Crippen LogP contribution in [0.15, 0.2) is 43.5 Å². The van der Waals surface area contributed by atoms with E-state index >= 15 is 0 Å². The van der Waals surface area contributed by atoms with Crippen LogP contribution in [0.2, 0.25) is 0 Å². The molecular formula is C32H49N5O4. The number of hydrogen-bond acceptors (Lipinski definition) is 5. The second kappa shape index (κ2) is 15.5. The quantitative estimate of drug-likeness (QED) is 0.253. The first-order chi connectivity index (χ1) is 19.3. The molecule has 9 nitrogen and oxygen atoms in total. The minimum absolute atomic E-state index is 0.0551. The molecule has 4 N–H and O–H groups in total. The molecule has 2 unspecified atom stereocenters. The van der Waals surface area contributed by atoms with Crippen LogP contribution in [0.1, 0.15) is 90.8 Å². The first kappa shape index (κ1) is 33.7. The van der Waals surface area contributed by atoms with E-state index in [0.29, 0.717) is 32.2 Å². The van der Waals surface area contributed by atoms with Crippen molar-refractivity contribution in [1.82, 2.24) is 26.4 Å². The van der Waals surface area contributed by atoms with Gasteiger partial charge in [-0.05, 0) is 68.1 Å². The topological polar surface area (TPSA) is 120 Å². The summed E-state index contributed by atoms with van der Waals surface area (Å²) in [6.07, 6.45) is 6.59. The molecule has 0 radical (unpaired) electrons. The lowest BCUT2D eigenvalue weighted by Gasteiger charge is -2.35. The Morgan fingerprint density at radius 2 is 1.80 bits per heavy atom. The number of nitrogens with one attached hydrogen (secondary N) is 4. The number of rotatable bonds is 14. The van der Waals surface area contributed by atoms with Crippen LogP contribution in [0.25, 0.3) is 6.08 Å². The molecule has 4 atom stereocenters.